The largest absolute Gasteiger partial charge is 0.329 e. The number of carbonyl (C=O) groups excluding carboxylic acids is 1. The van der Waals surface area contributed by atoms with Crippen LogP contribution in [0.5, 0.6) is 0 Å². The Bertz CT molecular complexity index is 826. The summed E-state index contributed by atoms with van der Waals surface area (Å²) in [5, 5.41) is 7.99. The second kappa shape index (κ2) is 5.73. The predicted molar refractivity (Wildman–Crippen MR) is 85.8 cm³/mol. The van der Waals surface area contributed by atoms with E-state index in [2.05, 4.69) is 20.4 Å². The number of nitrogens with one attached hydrogen (secondary N) is 1. The molecule has 7 heteroatoms. The van der Waals surface area contributed by atoms with Crippen molar-refractivity contribution in [1.29, 1.82) is 0 Å². The molecule has 1 N–H and O–H groups in total. The summed E-state index contributed by atoms with van der Waals surface area (Å²) in [5.41, 5.74) is 3.03. The van der Waals surface area contributed by atoms with E-state index in [1.807, 2.05) is 30.7 Å². The van der Waals surface area contributed by atoms with Gasteiger partial charge in [0.25, 0.3) is 0 Å². The Morgan fingerprint density at radius 3 is 2.59 bits per heavy atom. The van der Waals surface area contributed by atoms with Crippen molar-refractivity contribution in [2.45, 2.75) is 19.9 Å². The fourth-order valence-corrected chi connectivity index (χ4v) is 2.45. The highest BCUT2D eigenvalue weighted by atomic mass is 35.5. The minimum Gasteiger partial charge on any atom is -0.329 e. The number of fused-ring (bicyclic) bond motifs is 1. The van der Waals surface area contributed by atoms with Crippen molar-refractivity contribution in [2.24, 2.45) is 0 Å². The molecular formula is C15H14ClN5O. The van der Waals surface area contributed by atoms with Gasteiger partial charge in [-0.2, -0.15) is 10.1 Å². The molecule has 3 rings (SSSR count). The van der Waals surface area contributed by atoms with Crippen molar-refractivity contribution >= 4 is 34.7 Å². The smallest absolute Gasteiger partial charge is 0.225 e. The minimum atomic E-state index is 0.176. The predicted octanol–water partition coefficient (Wildman–Crippen LogP) is 3.30. The summed E-state index contributed by atoms with van der Waals surface area (Å²) in [6.45, 7) is 4.06. The van der Waals surface area contributed by atoms with Crippen molar-refractivity contribution in [3.8, 4) is 11.3 Å². The van der Waals surface area contributed by atoms with Crippen LogP contribution in [-0.2, 0) is 4.79 Å². The second-order valence-corrected chi connectivity index (χ2v) is 5.44. The van der Waals surface area contributed by atoms with Gasteiger partial charge in [0.2, 0.25) is 11.7 Å². The van der Waals surface area contributed by atoms with Gasteiger partial charge < -0.3 is 5.32 Å². The standard InChI is InChI=1S/C15H14ClN5O/c1-9(2)21-14-12(7-18-21)13(19-15(16)20-14)10-3-5-11(6-4-10)17-8-22/h3-9H,1-2H3,(H,17,22). The molecule has 0 saturated heterocycles. The van der Waals surface area contributed by atoms with Crippen LogP contribution in [0.4, 0.5) is 5.69 Å². The van der Waals surface area contributed by atoms with E-state index in [0.717, 1.165) is 16.6 Å². The van der Waals surface area contributed by atoms with Gasteiger partial charge in [-0.1, -0.05) is 12.1 Å². The van der Waals surface area contributed by atoms with Gasteiger partial charge in [0, 0.05) is 17.3 Å². The van der Waals surface area contributed by atoms with Crippen LogP contribution >= 0.6 is 11.6 Å². The van der Waals surface area contributed by atoms with Gasteiger partial charge in [0.1, 0.15) is 0 Å². The molecule has 0 spiro atoms. The first-order valence-corrected chi connectivity index (χ1v) is 7.19. The Hall–Kier alpha value is -2.47. The number of carbonyl (C=O) groups is 1. The van der Waals surface area contributed by atoms with Crippen molar-refractivity contribution in [1.82, 2.24) is 19.7 Å². The summed E-state index contributed by atoms with van der Waals surface area (Å²) < 4.78 is 1.81. The Balaban J connectivity index is 2.15. The molecular weight excluding hydrogens is 302 g/mol. The molecule has 112 valence electrons. The molecule has 0 aliphatic heterocycles. The summed E-state index contributed by atoms with van der Waals surface area (Å²) in [6, 6.07) is 7.53. The summed E-state index contributed by atoms with van der Waals surface area (Å²) in [7, 11) is 0. The molecule has 2 heterocycles. The molecule has 0 saturated carbocycles. The summed E-state index contributed by atoms with van der Waals surface area (Å²) in [4.78, 5) is 19.1. The SMILES string of the molecule is CC(C)n1ncc2c(-c3ccc(NC=O)cc3)nc(Cl)nc21. The Labute approximate surface area is 132 Å². The molecule has 6 nitrogen and oxygen atoms in total. The zero-order valence-electron chi connectivity index (χ0n) is 12.1. The first kappa shape index (κ1) is 14.5. The number of amides is 1. The Morgan fingerprint density at radius 1 is 1.23 bits per heavy atom. The number of nitrogens with zero attached hydrogens (tertiary/aromatic N) is 4. The molecule has 3 aromatic rings. The quantitative estimate of drug-likeness (QED) is 0.592. The minimum absolute atomic E-state index is 0.176. The molecule has 2 aromatic heterocycles. The third-order valence-corrected chi connectivity index (χ3v) is 3.47. The topological polar surface area (TPSA) is 72.7 Å². The molecule has 0 atom stereocenters. The van der Waals surface area contributed by atoms with Crippen molar-refractivity contribution in [3.63, 3.8) is 0 Å². The molecule has 1 amide bonds. The molecule has 0 aliphatic carbocycles. The van der Waals surface area contributed by atoms with E-state index >= 15 is 0 Å². The molecule has 0 bridgehead atoms. The maximum absolute atomic E-state index is 10.5. The monoisotopic (exact) mass is 315 g/mol. The van der Waals surface area contributed by atoms with Crippen LogP contribution in [-0.4, -0.2) is 26.2 Å². The zero-order valence-corrected chi connectivity index (χ0v) is 12.9. The molecule has 1 aromatic carbocycles. The summed E-state index contributed by atoms with van der Waals surface area (Å²) in [6.07, 6.45) is 2.39. The maximum Gasteiger partial charge on any atom is 0.225 e. The van der Waals surface area contributed by atoms with Crippen LogP contribution in [0.2, 0.25) is 5.28 Å². The zero-order chi connectivity index (χ0) is 15.7. The lowest BCUT2D eigenvalue weighted by atomic mass is 10.1. The average molecular weight is 316 g/mol. The number of aromatic nitrogens is 4. The van der Waals surface area contributed by atoms with E-state index < -0.39 is 0 Å². The first-order chi connectivity index (χ1) is 10.6. The van der Waals surface area contributed by atoms with Gasteiger partial charge in [-0.25, -0.2) is 9.67 Å². The molecule has 0 radical (unpaired) electrons. The number of hydrogen-bond donors (Lipinski definition) is 1. The van der Waals surface area contributed by atoms with Crippen molar-refractivity contribution in [3.05, 3.63) is 35.7 Å². The normalized spacial score (nSPS) is 11.1. The van der Waals surface area contributed by atoms with E-state index in [1.54, 1.807) is 18.3 Å². The summed E-state index contributed by atoms with van der Waals surface area (Å²) >= 11 is 6.07. The third-order valence-electron chi connectivity index (χ3n) is 3.30. The Kier molecular flexibility index (Phi) is 3.77. The van der Waals surface area contributed by atoms with E-state index in [4.69, 9.17) is 11.6 Å². The molecule has 0 aliphatic rings. The van der Waals surface area contributed by atoms with Gasteiger partial charge in [0.05, 0.1) is 17.3 Å². The number of halogens is 1. The lowest BCUT2D eigenvalue weighted by Gasteiger charge is -2.08. The highest BCUT2D eigenvalue weighted by Gasteiger charge is 2.15. The van der Waals surface area contributed by atoms with Crippen LogP contribution in [0.15, 0.2) is 30.5 Å². The second-order valence-electron chi connectivity index (χ2n) is 5.10. The van der Waals surface area contributed by atoms with Gasteiger partial charge >= 0.3 is 0 Å². The Morgan fingerprint density at radius 2 is 1.95 bits per heavy atom. The van der Waals surface area contributed by atoms with Crippen molar-refractivity contribution < 1.29 is 4.79 Å². The van der Waals surface area contributed by atoms with Gasteiger partial charge in [0.15, 0.2) is 5.65 Å². The third kappa shape index (κ3) is 2.53. The lowest BCUT2D eigenvalue weighted by Crippen LogP contribution is -2.04. The van der Waals surface area contributed by atoms with Crippen LogP contribution in [0.3, 0.4) is 0 Å². The van der Waals surface area contributed by atoms with Crippen LogP contribution in [0, 0.1) is 0 Å². The van der Waals surface area contributed by atoms with Crippen molar-refractivity contribution in [2.75, 3.05) is 5.32 Å². The van der Waals surface area contributed by atoms with Gasteiger partial charge in [-0.15, -0.1) is 0 Å². The summed E-state index contributed by atoms with van der Waals surface area (Å²) in [5.74, 6) is 0. The number of benzene rings is 1. The average Bonchev–Trinajstić information content (AvgIpc) is 2.91. The van der Waals surface area contributed by atoms with Gasteiger partial charge in [-0.05, 0) is 37.6 Å². The van der Waals surface area contributed by atoms with Crippen LogP contribution in [0.25, 0.3) is 22.3 Å². The van der Waals surface area contributed by atoms with E-state index in [-0.39, 0.29) is 11.3 Å². The molecule has 0 fully saturated rings. The highest BCUT2D eigenvalue weighted by Crippen LogP contribution is 2.29. The van der Waals surface area contributed by atoms with E-state index in [0.29, 0.717) is 17.7 Å². The molecule has 22 heavy (non-hydrogen) atoms. The van der Waals surface area contributed by atoms with Gasteiger partial charge in [-0.3, -0.25) is 4.79 Å². The fraction of sp³-hybridized carbons (Fsp3) is 0.200. The highest BCUT2D eigenvalue weighted by molar-refractivity contribution is 6.28. The molecule has 0 unspecified atom stereocenters. The fourth-order valence-electron chi connectivity index (χ4n) is 2.29. The van der Waals surface area contributed by atoms with Crippen LogP contribution in [0.1, 0.15) is 19.9 Å². The lowest BCUT2D eigenvalue weighted by molar-refractivity contribution is -0.105. The maximum atomic E-state index is 10.5. The van der Waals surface area contributed by atoms with E-state index in [1.165, 1.54) is 0 Å². The van der Waals surface area contributed by atoms with Crippen LogP contribution < -0.4 is 5.32 Å². The van der Waals surface area contributed by atoms with E-state index in [9.17, 15) is 4.79 Å². The number of rotatable bonds is 4. The number of anilines is 1. The first-order valence-electron chi connectivity index (χ1n) is 6.81. The number of hydrogen-bond acceptors (Lipinski definition) is 4.